The van der Waals surface area contributed by atoms with Crippen molar-refractivity contribution in [1.82, 2.24) is 19.7 Å². The molecule has 0 spiro atoms. The topological polar surface area (TPSA) is 43.6 Å². The van der Waals surface area contributed by atoms with Crippen LogP contribution >= 0.6 is 23.4 Å². The zero-order valence-corrected chi connectivity index (χ0v) is 10.2. The molecule has 4 nitrogen and oxygen atoms in total. The molecule has 1 aliphatic heterocycles. The summed E-state index contributed by atoms with van der Waals surface area (Å²) in [6, 6.07) is 0. The van der Waals surface area contributed by atoms with E-state index in [2.05, 4.69) is 15.1 Å². The second-order valence-electron chi connectivity index (χ2n) is 3.66. The minimum Gasteiger partial charge on any atom is -0.275 e. The first kappa shape index (κ1) is 10.1. The van der Waals surface area contributed by atoms with Crippen LogP contribution in [0.1, 0.15) is 11.3 Å². The van der Waals surface area contributed by atoms with Crippen molar-refractivity contribution in [2.45, 2.75) is 11.5 Å². The van der Waals surface area contributed by atoms with Gasteiger partial charge in [0.25, 0.3) is 0 Å². The lowest BCUT2D eigenvalue weighted by Gasteiger charge is -2.02. The zero-order valence-electron chi connectivity index (χ0n) is 8.64. The number of halogens is 1. The zero-order chi connectivity index (χ0) is 11.1. The van der Waals surface area contributed by atoms with Crippen LogP contribution in [0, 0.1) is 0 Å². The lowest BCUT2D eigenvalue weighted by Crippen LogP contribution is -1.96. The van der Waals surface area contributed by atoms with Gasteiger partial charge >= 0.3 is 0 Å². The highest BCUT2D eigenvalue weighted by Crippen LogP contribution is 2.33. The molecule has 0 radical (unpaired) electrons. The van der Waals surface area contributed by atoms with Gasteiger partial charge in [0.1, 0.15) is 5.15 Å². The Balaban J connectivity index is 2.12. The third-order valence-electron chi connectivity index (χ3n) is 2.49. The number of aryl methyl sites for hydroxylation is 1. The minimum absolute atomic E-state index is 0.578. The van der Waals surface area contributed by atoms with Crippen LogP contribution in [0.4, 0.5) is 0 Å². The van der Waals surface area contributed by atoms with Gasteiger partial charge in [-0.15, -0.1) is 0 Å². The Morgan fingerprint density at radius 3 is 3.00 bits per heavy atom. The fourth-order valence-electron chi connectivity index (χ4n) is 1.68. The van der Waals surface area contributed by atoms with Crippen molar-refractivity contribution in [3.63, 3.8) is 0 Å². The van der Waals surface area contributed by atoms with Crippen LogP contribution in [0.5, 0.6) is 0 Å². The summed E-state index contributed by atoms with van der Waals surface area (Å²) in [6.07, 6.45) is 3.64. The Morgan fingerprint density at radius 1 is 1.38 bits per heavy atom. The number of fused-ring (bicyclic) bond motifs is 1. The maximum atomic E-state index is 6.14. The van der Waals surface area contributed by atoms with Gasteiger partial charge in [0, 0.05) is 30.3 Å². The van der Waals surface area contributed by atoms with E-state index in [-0.39, 0.29) is 0 Å². The molecule has 0 saturated carbocycles. The van der Waals surface area contributed by atoms with Gasteiger partial charge in [0.15, 0.2) is 5.82 Å². The normalized spacial score (nSPS) is 14.1. The second-order valence-corrected chi connectivity index (χ2v) is 5.00. The number of aromatic nitrogens is 4. The smallest absolute Gasteiger partial charge is 0.164 e. The first-order valence-corrected chi connectivity index (χ1v) is 6.39. The maximum Gasteiger partial charge on any atom is 0.164 e. The molecule has 0 saturated heterocycles. The van der Waals surface area contributed by atoms with E-state index in [0.29, 0.717) is 11.0 Å². The Morgan fingerprint density at radius 2 is 2.25 bits per heavy atom. The summed E-state index contributed by atoms with van der Waals surface area (Å²) in [5, 5.41) is 4.68. The van der Waals surface area contributed by atoms with Gasteiger partial charge < -0.3 is 0 Å². The van der Waals surface area contributed by atoms with E-state index in [1.165, 1.54) is 0 Å². The Kier molecular flexibility index (Phi) is 2.37. The summed E-state index contributed by atoms with van der Waals surface area (Å²) in [4.78, 5) is 8.84. The molecular weight excluding hydrogens is 244 g/mol. The van der Waals surface area contributed by atoms with E-state index in [9.17, 15) is 0 Å². The van der Waals surface area contributed by atoms with Gasteiger partial charge in [-0.3, -0.25) is 4.68 Å². The van der Waals surface area contributed by atoms with Crippen LogP contribution in [0.3, 0.4) is 0 Å². The molecule has 2 aromatic rings. The van der Waals surface area contributed by atoms with E-state index >= 15 is 0 Å². The van der Waals surface area contributed by atoms with E-state index in [1.807, 2.05) is 25.0 Å². The molecule has 0 atom stereocenters. The van der Waals surface area contributed by atoms with Crippen LogP contribution in [-0.4, -0.2) is 19.7 Å². The highest BCUT2D eigenvalue weighted by atomic mass is 35.5. The quantitative estimate of drug-likeness (QED) is 0.731. The van der Waals surface area contributed by atoms with E-state index in [1.54, 1.807) is 10.9 Å². The van der Waals surface area contributed by atoms with Crippen LogP contribution in [0.2, 0.25) is 5.15 Å². The summed E-state index contributed by atoms with van der Waals surface area (Å²) in [7, 11) is 1.87. The molecule has 0 aliphatic carbocycles. The predicted octanol–water partition coefficient (Wildman–Crippen LogP) is 2.28. The number of hydrogen-bond donors (Lipinski definition) is 0. The molecule has 3 heterocycles. The molecule has 16 heavy (non-hydrogen) atoms. The molecule has 82 valence electrons. The molecule has 0 fully saturated rings. The summed E-state index contributed by atoms with van der Waals surface area (Å²) in [5.74, 6) is 2.51. The third-order valence-corrected chi connectivity index (χ3v) is 3.77. The van der Waals surface area contributed by atoms with Gasteiger partial charge in [0.05, 0.1) is 17.5 Å². The molecule has 1 aliphatic rings. The number of thioether (sulfide) groups is 1. The Bertz CT molecular complexity index is 552. The van der Waals surface area contributed by atoms with E-state index in [0.717, 1.165) is 28.3 Å². The summed E-state index contributed by atoms with van der Waals surface area (Å²) < 4.78 is 1.73. The molecule has 0 unspecified atom stereocenters. The molecule has 0 bridgehead atoms. The fraction of sp³-hybridized carbons (Fsp3) is 0.300. The molecular formula is C10H9ClN4S. The number of rotatable bonds is 1. The van der Waals surface area contributed by atoms with Gasteiger partial charge in [-0.05, 0) is 0 Å². The van der Waals surface area contributed by atoms with E-state index in [4.69, 9.17) is 11.6 Å². The van der Waals surface area contributed by atoms with Crippen molar-refractivity contribution in [1.29, 1.82) is 0 Å². The average molecular weight is 253 g/mol. The Labute approximate surface area is 102 Å². The largest absolute Gasteiger partial charge is 0.275 e. The molecule has 0 amide bonds. The predicted molar refractivity (Wildman–Crippen MR) is 64.2 cm³/mol. The van der Waals surface area contributed by atoms with Crippen molar-refractivity contribution in [3.8, 4) is 11.4 Å². The maximum absolute atomic E-state index is 6.14. The lowest BCUT2D eigenvalue weighted by molar-refractivity contribution is 0.768. The first-order valence-electron chi connectivity index (χ1n) is 4.86. The Hall–Kier alpha value is -1.07. The van der Waals surface area contributed by atoms with Gasteiger partial charge in [-0.2, -0.15) is 16.9 Å². The van der Waals surface area contributed by atoms with Crippen molar-refractivity contribution in [2.24, 2.45) is 7.05 Å². The fourth-order valence-corrected chi connectivity index (χ4v) is 3.05. The molecule has 2 aromatic heterocycles. The SMILES string of the molecule is Cn1cc(-c2nc(Cl)c3c(n2)CSC3)cn1. The standard InChI is InChI=1S/C10H9ClN4S/c1-15-3-6(2-12-15)10-13-8-5-16-4-7(8)9(11)14-10/h2-3H,4-5H2,1H3. The van der Waals surface area contributed by atoms with Crippen LogP contribution < -0.4 is 0 Å². The van der Waals surface area contributed by atoms with Gasteiger partial charge in [-0.25, -0.2) is 9.97 Å². The second kappa shape index (κ2) is 3.75. The molecule has 0 aromatic carbocycles. The van der Waals surface area contributed by atoms with Crippen molar-refractivity contribution in [3.05, 3.63) is 28.8 Å². The third kappa shape index (κ3) is 1.60. The highest BCUT2D eigenvalue weighted by molar-refractivity contribution is 7.98. The van der Waals surface area contributed by atoms with Crippen LogP contribution in [0.25, 0.3) is 11.4 Å². The number of nitrogens with zero attached hydrogens (tertiary/aromatic N) is 4. The molecule has 0 N–H and O–H groups in total. The van der Waals surface area contributed by atoms with Crippen molar-refractivity contribution in [2.75, 3.05) is 0 Å². The highest BCUT2D eigenvalue weighted by Gasteiger charge is 2.19. The number of hydrogen-bond acceptors (Lipinski definition) is 4. The van der Waals surface area contributed by atoms with Crippen molar-refractivity contribution < 1.29 is 0 Å². The monoisotopic (exact) mass is 252 g/mol. The van der Waals surface area contributed by atoms with Crippen molar-refractivity contribution >= 4 is 23.4 Å². The lowest BCUT2D eigenvalue weighted by atomic mass is 10.2. The average Bonchev–Trinajstić information content (AvgIpc) is 2.85. The van der Waals surface area contributed by atoms with Crippen LogP contribution in [0.15, 0.2) is 12.4 Å². The summed E-state index contributed by atoms with van der Waals surface area (Å²) in [5.41, 5.74) is 3.05. The van der Waals surface area contributed by atoms with Gasteiger partial charge in [0.2, 0.25) is 0 Å². The molecule has 6 heteroatoms. The van der Waals surface area contributed by atoms with Gasteiger partial charge in [-0.1, -0.05) is 11.6 Å². The molecule has 3 rings (SSSR count). The summed E-state index contributed by atoms with van der Waals surface area (Å²) >= 11 is 7.96. The minimum atomic E-state index is 0.578. The summed E-state index contributed by atoms with van der Waals surface area (Å²) in [6.45, 7) is 0. The van der Waals surface area contributed by atoms with Crippen LogP contribution in [-0.2, 0) is 18.6 Å². The first-order chi connectivity index (χ1) is 7.74. The van der Waals surface area contributed by atoms with E-state index < -0.39 is 0 Å².